The van der Waals surface area contributed by atoms with Crippen LogP contribution in [0.1, 0.15) is 51.2 Å². The number of hydrogen-bond acceptors (Lipinski definition) is 4. The van der Waals surface area contributed by atoms with E-state index < -0.39 is 21.9 Å². The molecule has 0 heterocycles. The normalized spacial score (nSPS) is 13.1. The first kappa shape index (κ1) is 28.3. The fourth-order valence-corrected chi connectivity index (χ4v) is 4.51. The molecule has 35 heavy (non-hydrogen) atoms. The molecule has 0 aliphatic rings. The smallest absolute Gasteiger partial charge is 0.242 e. The van der Waals surface area contributed by atoms with Gasteiger partial charge >= 0.3 is 0 Å². The molecule has 0 aliphatic carbocycles. The molecule has 2 amide bonds. The fraction of sp³-hybridized carbons (Fsp3) is 0.462. The summed E-state index contributed by atoms with van der Waals surface area (Å²) in [4.78, 5) is 27.6. The summed E-state index contributed by atoms with van der Waals surface area (Å²) in [7, 11) is -3.63. The van der Waals surface area contributed by atoms with Crippen LogP contribution >= 0.6 is 0 Å². The first-order valence-corrected chi connectivity index (χ1v) is 13.7. The van der Waals surface area contributed by atoms with Crippen molar-refractivity contribution in [2.45, 2.75) is 65.6 Å². The lowest BCUT2D eigenvalue weighted by Crippen LogP contribution is -2.49. The zero-order chi connectivity index (χ0) is 26.2. The molecule has 0 bridgehead atoms. The highest BCUT2D eigenvalue weighted by molar-refractivity contribution is 7.92. The van der Waals surface area contributed by atoms with E-state index >= 15 is 0 Å². The summed E-state index contributed by atoms with van der Waals surface area (Å²) >= 11 is 0. The van der Waals surface area contributed by atoms with Gasteiger partial charge in [0.2, 0.25) is 21.8 Å². The quantitative estimate of drug-likeness (QED) is 0.472. The molecule has 0 saturated heterocycles. The maximum atomic E-state index is 13.3. The third-order valence-corrected chi connectivity index (χ3v) is 7.10. The molecule has 0 saturated carbocycles. The van der Waals surface area contributed by atoms with Gasteiger partial charge < -0.3 is 10.2 Å². The van der Waals surface area contributed by atoms with Gasteiger partial charge in [0.05, 0.1) is 11.9 Å². The molecule has 0 unspecified atom stereocenters. The molecular weight excluding hydrogens is 469 g/mol. The van der Waals surface area contributed by atoms with E-state index in [1.807, 2.05) is 45.0 Å². The lowest BCUT2D eigenvalue weighted by atomic mass is 10.1. The first-order chi connectivity index (χ1) is 16.4. The average Bonchev–Trinajstić information content (AvgIpc) is 2.80. The summed E-state index contributed by atoms with van der Waals surface area (Å²) in [5, 5.41) is 2.93. The number of sulfonamides is 1. The molecule has 9 heteroatoms. The number of rotatable bonds is 12. The average molecular weight is 506 g/mol. The van der Waals surface area contributed by atoms with Crippen LogP contribution in [0.25, 0.3) is 0 Å². The lowest BCUT2D eigenvalue weighted by Gasteiger charge is -2.30. The Bertz CT molecular complexity index is 1090. The number of carbonyl (C=O) groups is 2. The van der Waals surface area contributed by atoms with Gasteiger partial charge in [-0.1, -0.05) is 36.8 Å². The van der Waals surface area contributed by atoms with Crippen molar-refractivity contribution in [3.05, 3.63) is 65.5 Å². The standard InChI is InChI=1S/C26H36FN3O4S/c1-6-20(3)28-26(32)21(4)29(18-22-11-9-19(2)10-12-22)25(31)8-7-17-30(35(5,33)34)24-15-13-23(27)14-16-24/h9-16,20-21H,6-8,17-18H2,1-5H3,(H,28,32)/t20-,21+/m0/s1. The fourth-order valence-electron chi connectivity index (χ4n) is 3.55. The number of anilines is 1. The summed E-state index contributed by atoms with van der Waals surface area (Å²) in [5.41, 5.74) is 2.33. The zero-order valence-corrected chi connectivity index (χ0v) is 21.9. The van der Waals surface area contributed by atoms with E-state index in [1.165, 1.54) is 29.2 Å². The van der Waals surface area contributed by atoms with Crippen molar-refractivity contribution in [1.29, 1.82) is 0 Å². The molecule has 0 aliphatic heterocycles. The Labute approximate surface area is 208 Å². The van der Waals surface area contributed by atoms with E-state index in [9.17, 15) is 22.4 Å². The van der Waals surface area contributed by atoms with Crippen LogP contribution in [0, 0.1) is 12.7 Å². The summed E-state index contributed by atoms with van der Waals surface area (Å²) in [6, 6.07) is 12.2. The van der Waals surface area contributed by atoms with Crippen LogP contribution in [-0.4, -0.2) is 50.0 Å². The Morgan fingerprint density at radius 2 is 1.63 bits per heavy atom. The van der Waals surface area contributed by atoms with Crippen LogP contribution in [0.5, 0.6) is 0 Å². The Morgan fingerprint density at radius 3 is 2.17 bits per heavy atom. The van der Waals surface area contributed by atoms with Crippen LogP contribution in [-0.2, 0) is 26.2 Å². The summed E-state index contributed by atoms with van der Waals surface area (Å²) < 4.78 is 39.1. The van der Waals surface area contributed by atoms with Crippen molar-refractivity contribution >= 4 is 27.5 Å². The Hall–Kier alpha value is -2.94. The number of benzene rings is 2. The molecule has 192 valence electrons. The predicted octanol–water partition coefficient (Wildman–Crippen LogP) is 4.01. The number of carbonyl (C=O) groups excluding carboxylic acids is 2. The number of nitrogens with zero attached hydrogens (tertiary/aromatic N) is 2. The van der Waals surface area contributed by atoms with E-state index in [1.54, 1.807) is 6.92 Å². The second kappa shape index (κ2) is 12.7. The van der Waals surface area contributed by atoms with Gasteiger partial charge in [0.15, 0.2) is 0 Å². The summed E-state index contributed by atoms with van der Waals surface area (Å²) in [5.74, 6) is -0.942. The monoisotopic (exact) mass is 505 g/mol. The van der Waals surface area contributed by atoms with Gasteiger partial charge in [0, 0.05) is 25.6 Å². The highest BCUT2D eigenvalue weighted by Crippen LogP contribution is 2.20. The minimum absolute atomic E-state index is 0.0136. The van der Waals surface area contributed by atoms with Gasteiger partial charge in [-0.05, 0) is 63.4 Å². The molecule has 1 N–H and O–H groups in total. The van der Waals surface area contributed by atoms with E-state index in [4.69, 9.17) is 0 Å². The molecule has 2 aromatic rings. The SMILES string of the molecule is CC[C@H](C)NC(=O)[C@@H](C)N(Cc1ccc(C)cc1)C(=O)CCCN(c1ccc(F)cc1)S(C)(=O)=O. The lowest BCUT2D eigenvalue weighted by molar-refractivity contribution is -0.140. The molecule has 0 fully saturated rings. The van der Waals surface area contributed by atoms with Crippen molar-refractivity contribution in [2.75, 3.05) is 17.1 Å². The summed E-state index contributed by atoms with van der Waals surface area (Å²) in [6.45, 7) is 7.88. The van der Waals surface area contributed by atoms with Crippen molar-refractivity contribution < 1.29 is 22.4 Å². The largest absolute Gasteiger partial charge is 0.352 e. The number of amides is 2. The predicted molar refractivity (Wildman–Crippen MR) is 137 cm³/mol. The van der Waals surface area contributed by atoms with Crippen molar-refractivity contribution in [1.82, 2.24) is 10.2 Å². The highest BCUT2D eigenvalue weighted by Gasteiger charge is 2.27. The zero-order valence-electron chi connectivity index (χ0n) is 21.1. The third kappa shape index (κ3) is 8.65. The van der Waals surface area contributed by atoms with Crippen LogP contribution in [0.4, 0.5) is 10.1 Å². The molecule has 0 aromatic heterocycles. The van der Waals surface area contributed by atoms with Gasteiger partial charge in [-0.15, -0.1) is 0 Å². The van der Waals surface area contributed by atoms with Gasteiger partial charge in [0.25, 0.3) is 0 Å². The topological polar surface area (TPSA) is 86.8 Å². The molecule has 2 atom stereocenters. The number of hydrogen-bond donors (Lipinski definition) is 1. The van der Waals surface area contributed by atoms with E-state index in [0.717, 1.165) is 28.1 Å². The molecule has 2 rings (SSSR count). The van der Waals surface area contributed by atoms with Crippen LogP contribution in [0.15, 0.2) is 48.5 Å². The second-order valence-electron chi connectivity index (χ2n) is 8.92. The highest BCUT2D eigenvalue weighted by atomic mass is 32.2. The third-order valence-electron chi connectivity index (χ3n) is 5.91. The van der Waals surface area contributed by atoms with E-state index in [0.29, 0.717) is 5.69 Å². The first-order valence-electron chi connectivity index (χ1n) is 11.8. The van der Waals surface area contributed by atoms with Gasteiger partial charge in [0.1, 0.15) is 11.9 Å². The van der Waals surface area contributed by atoms with Crippen molar-refractivity contribution in [3.8, 4) is 0 Å². The Kier molecular flexibility index (Phi) is 10.2. The maximum Gasteiger partial charge on any atom is 0.242 e. The number of halogens is 1. The molecular formula is C26H36FN3O4S. The Morgan fingerprint density at radius 1 is 1.03 bits per heavy atom. The van der Waals surface area contributed by atoms with Crippen LogP contribution < -0.4 is 9.62 Å². The molecule has 7 nitrogen and oxygen atoms in total. The van der Waals surface area contributed by atoms with Crippen molar-refractivity contribution in [3.63, 3.8) is 0 Å². The van der Waals surface area contributed by atoms with Crippen LogP contribution in [0.2, 0.25) is 0 Å². The molecule has 2 aromatic carbocycles. The maximum absolute atomic E-state index is 13.3. The van der Waals surface area contributed by atoms with Gasteiger partial charge in [-0.3, -0.25) is 13.9 Å². The minimum atomic E-state index is -3.63. The van der Waals surface area contributed by atoms with E-state index in [-0.39, 0.29) is 43.8 Å². The minimum Gasteiger partial charge on any atom is -0.352 e. The van der Waals surface area contributed by atoms with Gasteiger partial charge in [-0.2, -0.15) is 0 Å². The second-order valence-corrected chi connectivity index (χ2v) is 10.8. The Balaban J connectivity index is 2.15. The van der Waals surface area contributed by atoms with E-state index in [2.05, 4.69) is 5.32 Å². The van der Waals surface area contributed by atoms with Gasteiger partial charge in [-0.25, -0.2) is 12.8 Å². The van der Waals surface area contributed by atoms with Crippen molar-refractivity contribution in [2.24, 2.45) is 0 Å². The number of nitrogens with one attached hydrogen (secondary N) is 1. The summed E-state index contributed by atoms with van der Waals surface area (Å²) in [6.07, 6.45) is 2.14. The molecule has 0 spiro atoms. The van der Waals surface area contributed by atoms with Crippen LogP contribution in [0.3, 0.4) is 0 Å². The molecule has 0 radical (unpaired) electrons. The number of aryl methyl sites for hydroxylation is 1.